The summed E-state index contributed by atoms with van der Waals surface area (Å²) in [7, 11) is 0. The Hall–Kier alpha value is -3.39. The van der Waals surface area contributed by atoms with Crippen molar-refractivity contribution in [3.05, 3.63) is 89.0 Å². The molecule has 0 saturated heterocycles. The van der Waals surface area contributed by atoms with E-state index in [0.29, 0.717) is 16.8 Å². The van der Waals surface area contributed by atoms with E-state index in [0.717, 1.165) is 24.3 Å². The van der Waals surface area contributed by atoms with Gasteiger partial charge in [0.25, 0.3) is 5.91 Å². The largest absolute Gasteiger partial charge is 0.366 e. The number of aromatic nitrogens is 1. The molecule has 0 aliphatic heterocycles. The SMILES string of the molecule is CC(Cl)C(=O)N[C@@H](Cc1cc(F)cc(F)c1)c1ncccc1-c1ccc(F)c(C(N)=O)c1. The van der Waals surface area contributed by atoms with Crippen LogP contribution < -0.4 is 11.1 Å². The minimum absolute atomic E-state index is 0.00207. The zero-order valence-electron chi connectivity index (χ0n) is 16.9. The minimum Gasteiger partial charge on any atom is -0.366 e. The molecule has 2 aromatic carbocycles. The van der Waals surface area contributed by atoms with Gasteiger partial charge < -0.3 is 11.1 Å². The maximum Gasteiger partial charge on any atom is 0.251 e. The maximum atomic E-state index is 14.0. The zero-order chi connectivity index (χ0) is 23.4. The van der Waals surface area contributed by atoms with E-state index in [4.69, 9.17) is 17.3 Å². The van der Waals surface area contributed by atoms with Crippen LogP contribution >= 0.6 is 11.6 Å². The van der Waals surface area contributed by atoms with Gasteiger partial charge in [0.2, 0.25) is 5.91 Å². The Labute approximate surface area is 187 Å². The van der Waals surface area contributed by atoms with Gasteiger partial charge in [0.15, 0.2) is 0 Å². The van der Waals surface area contributed by atoms with Crippen molar-refractivity contribution in [1.29, 1.82) is 0 Å². The topological polar surface area (TPSA) is 85.1 Å². The number of halogens is 4. The molecule has 0 fully saturated rings. The summed E-state index contributed by atoms with van der Waals surface area (Å²) in [6.07, 6.45) is 1.48. The van der Waals surface area contributed by atoms with Gasteiger partial charge in [0.05, 0.1) is 17.3 Å². The van der Waals surface area contributed by atoms with Crippen LogP contribution in [0.4, 0.5) is 13.2 Å². The molecule has 2 amide bonds. The number of rotatable bonds is 7. The summed E-state index contributed by atoms with van der Waals surface area (Å²) in [4.78, 5) is 28.3. The van der Waals surface area contributed by atoms with Crippen LogP contribution in [0.1, 0.15) is 34.6 Å². The van der Waals surface area contributed by atoms with Crippen molar-refractivity contribution in [1.82, 2.24) is 10.3 Å². The smallest absolute Gasteiger partial charge is 0.251 e. The molecule has 3 N–H and O–H groups in total. The molecule has 1 unspecified atom stereocenters. The Bertz CT molecular complexity index is 1150. The Kier molecular flexibility index (Phi) is 7.15. The fourth-order valence-corrected chi connectivity index (χ4v) is 3.35. The molecule has 5 nitrogen and oxygen atoms in total. The number of carbonyl (C=O) groups is 2. The number of nitrogens with two attached hydrogens (primary N) is 1. The van der Waals surface area contributed by atoms with Gasteiger partial charge >= 0.3 is 0 Å². The van der Waals surface area contributed by atoms with Crippen molar-refractivity contribution in [2.75, 3.05) is 0 Å². The zero-order valence-corrected chi connectivity index (χ0v) is 17.7. The first-order valence-electron chi connectivity index (χ1n) is 9.59. The number of alkyl halides is 1. The highest BCUT2D eigenvalue weighted by molar-refractivity contribution is 6.30. The highest BCUT2D eigenvalue weighted by Crippen LogP contribution is 2.30. The lowest BCUT2D eigenvalue weighted by Gasteiger charge is -2.22. The van der Waals surface area contributed by atoms with E-state index < -0.39 is 40.7 Å². The standard InChI is InChI=1S/C23H19ClF3N3O2/c1-12(24)23(32)30-20(9-13-7-15(25)11-16(26)8-13)21-17(3-2-6-29-21)14-4-5-19(27)18(10-14)22(28)31/h2-8,10-12,20H,9H2,1H3,(H2,28,31)(H,30,32)/t12?,20-/m0/s1. The van der Waals surface area contributed by atoms with Crippen LogP contribution in [0.25, 0.3) is 11.1 Å². The number of carbonyl (C=O) groups excluding carboxylic acids is 2. The van der Waals surface area contributed by atoms with Crippen molar-refractivity contribution >= 4 is 23.4 Å². The lowest BCUT2D eigenvalue weighted by molar-refractivity contribution is -0.121. The van der Waals surface area contributed by atoms with Gasteiger partial charge in [-0.05, 0) is 54.8 Å². The molecule has 166 valence electrons. The molecule has 0 aliphatic carbocycles. The predicted octanol–water partition coefficient (Wildman–Crippen LogP) is 4.29. The predicted molar refractivity (Wildman–Crippen MR) is 114 cm³/mol. The Morgan fingerprint density at radius 2 is 1.78 bits per heavy atom. The maximum absolute atomic E-state index is 14.0. The number of primary amides is 1. The van der Waals surface area contributed by atoms with Crippen molar-refractivity contribution in [2.24, 2.45) is 5.73 Å². The third-order valence-corrected chi connectivity index (χ3v) is 4.95. The molecular weight excluding hydrogens is 443 g/mol. The van der Waals surface area contributed by atoms with Crippen LogP contribution in [-0.4, -0.2) is 22.2 Å². The molecule has 32 heavy (non-hydrogen) atoms. The number of amides is 2. The summed E-state index contributed by atoms with van der Waals surface area (Å²) >= 11 is 5.90. The van der Waals surface area contributed by atoms with Crippen molar-refractivity contribution in [3.8, 4) is 11.1 Å². The molecular formula is C23H19ClF3N3O2. The lowest BCUT2D eigenvalue weighted by Crippen LogP contribution is -2.35. The summed E-state index contributed by atoms with van der Waals surface area (Å²) in [6.45, 7) is 1.48. The number of benzene rings is 2. The van der Waals surface area contributed by atoms with E-state index in [9.17, 15) is 22.8 Å². The minimum atomic E-state index is -0.939. The number of nitrogens with zero attached hydrogens (tertiary/aromatic N) is 1. The first-order valence-corrected chi connectivity index (χ1v) is 10.0. The van der Waals surface area contributed by atoms with Gasteiger partial charge in [-0.1, -0.05) is 12.1 Å². The number of nitrogens with one attached hydrogen (secondary N) is 1. The van der Waals surface area contributed by atoms with E-state index in [2.05, 4.69) is 10.3 Å². The monoisotopic (exact) mass is 461 g/mol. The first-order chi connectivity index (χ1) is 15.2. The average Bonchev–Trinajstić information content (AvgIpc) is 2.72. The molecule has 9 heteroatoms. The fraction of sp³-hybridized carbons (Fsp3) is 0.174. The summed E-state index contributed by atoms with van der Waals surface area (Å²) in [5.41, 5.74) is 6.46. The average molecular weight is 462 g/mol. The van der Waals surface area contributed by atoms with Crippen LogP contribution in [0, 0.1) is 17.5 Å². The van der Waals surface area contributed by atoms with Crippen LogP contribution in [0.5, 0.6) is 0 Å². The second-order valence-electron chi connectivity index (χ2n) is 7.15. The van der Waals surface area contributed by atoms with E-state index in [1.54, 1.807) is 12.1 Å². The van der Waals surface area contributed by atoms with E-state index in [1.165, 1.54) is 25.3 Å². The molecule has 0 aliphatic rings. The molecule has 0 spiro atoms. The summed E-state index contributed by atoms with van der Waals surface area (Å²) in [5.74, 6) is -3.75. The van der Waals surface area contributed by atoms with Gasteiger partial charge in [-0.25, -0.2) is 13.2 Å². The van der Waals surface area contributed by atoms with Crippen molar-refractivity contribution < 1.29 is 22.8 Å². The van der Waals surface area contributed by atoms with E-state index in [1.807, 2.05) is 0 Å². The molecule has 1 heterocycles. The number of hydrogen-bond acceptors (Lipinski definition) is 3. The highest BCUT2D eigenvalue weighted by atomic mass is 35.5. The van der Waals surface area contributed by atoms with Gasteiger partial charge in [0, 0.05) is 17.8 Å². The second kappa shape index (κ2) is 9.82. The fourth-order valence-electron chi connectivity index (χ4n) is 3.29. The summed E-state index contributed by atoms with van der Waals surface area (Å²) in [5, 5.41) is 1.86. The third-order valence-electron chi connectivity index (χ3n) is 4.75. The molecule has 0 bridgehead atoms. The van der Waals surface area contributed by atoms with E-state index in [-0.39, 0.29) is 17.5 Å². The van der Waals surface area contributed by atoms with Crippen LogP contribution in [0.15, 0.2) is 54.7 Å². The lowest BCUT2D eigenvalue weighted by atomic mass is 9.94. The number of pyridine rings is 1. The molecule has 3 rings (SSSR count). The molecule has 1 aromatic heterocycles. The molecule has 0 saturated carbocycles. The van der Waals surface area contributed by atoms with Crippen molar-refractivity contribution in [2.45, 2.75) is 24.8 Å². The van der Waals surface area contributed by atoms with Gasteiger partial charge in [0.1, 0.15) is 22.8 Å². The van der Waals surface area contributed by atoms with Crippen LogP contribution in [0.2, 0.25) is 0 Å². The Morgan fingerprint density at radius 1 is 1.09 bits per heavy atom. The van der Waals surface area contributed by atoms with E-state index >= 15 is 0 Å². The van der Waals surface area contributed by atoms with Gasteiger partial charge in [-0.15, -0.1) is 11.6 Å². The molecule has 0 radical (unpaired) electrons. The Morgan fingerprint density at radius 3 is 2.41 bits per heavy atom. The third kappa shape index (κ3) is 5.45. The van der Waals surface area contributed by atoms with Gasteiger partial charge in [-0.3, -0.25) is 14.6 Å². The highest BCUT2D eigenvalue weighted by Gasteiger charge is 2.23. The molecule has 2 atom stereocenters. The first kappa shape index (κ1) is 23.3. The van der Waals surface area contributed by atoms with Crippen LogP contribution in [-0.2, 0) is 11.2 Å². The normalized spacial score (nSPS) is 12.8. The molecule has 3 aromatic rings. The van der Waals surface area contributed by atoms with Gasteiger partial charge in [-0.2, -0.15) is 0 Å². The van der Waals surface area contributed by atoms with Crippen LogP contribution in [0.3, 0.4) is 0 Å². The summed E-state index contributed by atoms with van der Waals surface area (Å²) in [6, 6.07) is 9.32. The Balaban J connectivity index is 2.10. The summed E-state index contributed by atoms with van der Waals surface area (Å²) < 4.78 is 41.4. The van der Waals surface area contributed by atoms with Crippen molar-refractivity contribution in [3.63, 3.8) is 0 Å². The number of hydrogen-bond donors (Lipinski definition) is 2. The second-order valence-corrected chi connectivity index (χ2v) is 7.81. The quantitative estimate of drug-likeness (QED) is 0.515.